The van der Waals surface area contributed by atoms with Gasteiger partial charge in [-0.25, -0.2) is 0 Å². The molecule has 0 aliphatic heterocycles. The molecule has 1 N–H and O–H groups in total. The van der Waals surface area contributed by atoms with Gasteiger partial charge in [0.05, 0.1) is 5.56 Å². The highest BCUT2D eigenvalue weighted by Crippen LogP contribution is 2.29. The van der Waals surface area contributed by atoms with Crippen molar-refractivity contribution in [3.63, 3.8) is 0 Å². The Bertz CT molecular complexity index is 783. The largest absolute Gasteiger partial charge is 0.480 e. The van der Waals surface area contributed by atoms with E-state index < -0.39 is 30.2 Å². The van der Waals surface area contributed by atoms with Gasteiger partial charge in [0, 0.05) is 18.8 Å². The summed E-state index contributed by atoms with van der Waals surface area (Å²) in [6, 6.07) is 5.73. The minimum Gasteiger partial charge on any atom is -0.480 e. The Morgan fingerprint density at radius 1 is 1.19 bits per heavy atom. The first-order chi connectivity index (χ1) is 12.1. The lowest BCUT2D eigenvalue weighted by atomic mass is 10.1. The summed E-state index contributed by atoms with van der Waals surface area (Å²) >= 11 is 0. The van der Waals surface area contributed by atoms with Crippen molar-refractivity contribution in [1.82, 2.24) is 14.7 Å². The maximum atomic E-state index is 12.6. The first-order valence-corrected chi connectivity index (χ1v) is 7.80. The highest BCUT2D eigenvalue weighted by atomic mass is 19.4. The highest BCUT2D eigenvalue weighted by molar-refractivity contribution is 5.94. The minimum atomic E-state index is -4.46. The summed E-state index contributed by atoms with van der Waals surface area (Å²) in [5.41, 5.74) is -0.351. The van der Waals surface area contributed by atoms with Crippen LogP contribution >= 0.6 is 0 Å². The molecule has 9 heteroatoms. The van der Waals surface area contributed by atoms with Crippen LogP contribution in [0, 0.1) is 0 Å². The van der Waals surface area contributed by atoms with E-state index in [1.165, 1.54) is 18.2 Å². The quantitative estimate of drug-likeness (QED) is 0.848. The van der Waals surface area contributed by atoms with E-state index in [9.17, 15) is 22.8 Å². The number of hydrogen-bond donors (Lipinski definition) is 1. The minimum absolute atomic E-state index is 0.0272. The number of carbonyl (C=O) groups excluding carboxylic acids is 1. The van der Waals surface area contributed by atoms with Crippen LogP contribution in [0.15, 0.2) is 36.5 Å². The van der Waals surface area contributed by atoms with E-state index in [2.05, 4.69) is 5.10 Å². The van der Waals surface area contributed by atoms with E-state index in [-0.39, 0.29) is 18.3 Å². The van der Waals surface area contributed by atoms with Crippen molar-refractivity contribution in [3.05, 3.63) is 53.3 Å². The number of amides is 1. The van der Waals surface area contributed by atoms with E-state index in [1.807, 2.05) is 13.8 Å². The lowest BCUT2D eigenvalue weighted by Gasteiger charge is -2.20. The molecule has 0 spiro atoms. The van der Waals surface area contributed by atoms with Crippen LogP contribution in [0.4, 0.5) is 13.2 Å². The van der Waals surface area contributed by atoms with Crippen molar-refractivity contribution in [2.45, 2.75) is 32.6 Å². The number of aromatic nitrogens is 2. The zero-order chi connectivity index (χ0) is 19.5. The van der Waals surface area contributed by atoms with E-state index in [4.69, 9.17) is 5.11 Å². The van der Waals surface area contributed by atoms with Crippen molar-refractivity contribution in [2.24, 2.45) is 0 Å². The number of nitrogens with zero attached hydrogens (tertiary/aromatic N) is 3. The Balaban J connectivity index is 2.21. The number of halogens is 3. The van der Waals surface area contributed by atoms with Gasteiger partial charge in [-0.3, -0.25) is 14.3 Å². The molecular formula is C17H18F3N3O3. The van der Waals surface area contributed by atoms with Gasteiger partial charge in [0.1, 0.15) is 12.2 Å². The third-order valence-electron chi connectivity index (χ3n) is 3.62. The van der Waals surface area contributed by atoms with Crippen LogP contribution in [-0.4, -0.2) is 38.2 Å². The Morgan fingerprint density at radius 2 is 1.81 bits per heavy atom. The predicted octanol–water partition coefficient (Wildman–Crippen LogP) is 3.21. The summed E-state index contributed by atoms with van der Waals surface area (Å²) in [6.07, 6.45) is -2.85. The number of aliphatic carboxylic acids is 1. The van der Waals surface area contributed by atoms with Gasteiger partial charge in [-0.05, 0) is 37.6 Å². The number of rotatable bonds is 6. The molecule has 1 aromatic heterocycles. The van der Waals surface area contributed by atoms with E-state index in [0.29, 0.717) is 5.56 Å². The monoisotopic (exact) mass is 369 g/mol. The first kappa shape index (κ1) is 19.5. The molecule has 1 aromatic carbocycles. The summed E-state index contributed by atoms with van der Waals surface area (Å²) in [7, 11) is 0. The Labute approximate surface area is 147 Å². The summed E-state index contributed by atoms with van der Waals surface area (Å²) < 4.78 is 39.4. The predicted molar refractivity (Wildman–Crippen MR) is 86.4 cm³/mol. The SMILES string of the molecule is CC(C)n1ccc(C(=O)N(CC(=O)O)Cc2ccc(C(F)(F)F)cc2)n1. The van der Waals surface area contributed by atoms with Gasteiger partial charge >= 0.3 is 12.1 Å². The van der Waals surface area contributed by atoms with Gasteiger partial charge in [-0.15, -0.1) is 0 Å². The molecule has 6 nitrogen and oxygen atoms in total. The third-order valence-corrected chi connectivity index (χ3v) is 3.62. The molecule has 1 heterocycles. The molecule has 2 rings (SSSR count). The molecule has 0 saturated carbocycles. The number of alkyl halides is 3. The molecule has 0 unspecified atom stereocenters. The number of hydrogen-bond acceptors (Lipinski definition) is 3. The molecule has 0 radical (unpaired) electrons. The molecule has 0 aliphatic carbocycles. The van der Waals surface area contributed by atoms with Gasteiger partial charge in [-0.1, -0.05) is 12.1 Å². The number of carbonyl (C=O) groups is 2. The van der Waals surface area contributed by atoms with Crippen LogP contribution in [0.5, 0.6) is 0 Å². The first-order valence-electron chi connectivity index (χ1n) is 7.80. The molecule has 0 bridgehead atoms. The standard InChI is InChI=1S/C17H18F3N3O3/c1-11(2)23-8-7-14(21-23)16(26)22(10-15(24)25)9-12-3-5-13(6-4-12)17(18,19)20/h3-8,11H,9-10H2,1-2H3,(H,24,25). The Hall–Kier alpha value is -2.84. The molecule has 26 heavy (non-hydrogen) atoms. The summed E-state index contributed by atoms with van der Waals surface area (Å²) in [6.45, 7) is 3.02. The third kappa shape index (κ3) is 4.84. The topological polar surface area (TPSA) is 75.4 Å². The molecular weight excluding hydrogens is 351 g/mol. The highest BCUT2D eigenvalue weighted by Gasteiger charge is 2.30. The molecule has 1 amide bonds. The number of carboxylic acids is 1. The average molecular weight is 369 g/mol. The normalized spacial score (nSPS) is 11.6. The van der Waals surface area contributed by atoms with E-state index in [0.717, 1.165) is 17.0 Å². The fraction of sp³-hybridized carbons (Fsp3) is 0.353. The molecule has 0 fully saturated rings. The van der Waals surface area contributed by atoms with Crippen LogP contribution in [0.25, 0.3) is 0 Å². The lowest BCUT2D eigenvalue weighted by Crippen LogP contribution is -2.35. The fourth-order valence-electron chi connectivity index (χ4n) is 2.28. The summed E-state index contributed by atoms with van der Waals surface area (Å²) in [5, 5.41) is 13.1. The van der Waals surface area contributed by atoms with Crippen LogP contribution in [0.1, 0.15) is 41.5 Å². The van der Waals surface area contributed by atoms with Gasteiger partial charge in [-0.2, -0.15) is 18.3 Å². The van der Waals surface area contributed by atoms with Crippen molar-refractivity contribution in [3.8, 4) is 0 Å². The van der Waals surface area contributed by atoms with E-state index in [1.54, 1.807) is 10.9 Å². The van der Waals surface area contributed by atoms with Gasteiger partial charge < -0.3 is 10.0 Å². The molecule has 140 valence electrons. The van der Waals surface area contributed by atoms with Crippen molar-refractivity contribution >= 4 is 11.9 Å². The van der Waals surface area contributed by atoms with Crippen LogP contribution in [0.3, 0.4) is 0 Å². The second kappa shape index (κ2) is 7.59. The fourth-order valence-corrected chi connectivity index (χ4v) is 2.28. The van der Waals surface area contributed by atoms with Crippen LogP contribution in [-0.2, 0) is 17.5 Å². The van der Waals surface area contributed by atoms with E-state index >= 15 is 0 Å². The maximum absolute atomic E-state index is 12.6. The second-order valence-corrected chi connectivity index (χ2v) is 6.02. The van der Waals surface area contributed by atoms with Gasteiger partial charge in [0.2, 0.25) is 0 Å². The maximum Gasteiger partial charge on any atom is 0.416 e. The average Bonchev–Trinajstić information content (AvgIpc) is 3.03. The number of benzene rings is 1. The molecule has 0 aliphatic rings. The Kier molecular flexibility index (Phi) is 5.69. The summed E-state index contributed by atoms with van der Waals surface area (Å²) in [4.78, 5) is 24.6. The van der Waals surface area contributed by atoms with Gasteiger partial charge in [0.25, 0.3) is 5.91 Å². The molecule has 0 atom stereocenters. The zero-order valence-electron chi connectivity index (χ0n) is 14.2. The zero-order valence-corrected chi connectivity index (χ0v) is 14.2. The smallest absolute Gasteiger partial charge is 0.416 e. The van der Waals surface area contributed by atoms with Crippen LogP contribution in [0.2, 0.25) is 0 Å². The van der Waals surface area contributed by atoms with Crippen molar-refractivity contribution in [2.75, 3.05) is 6.54 Å². The van der Waals surface area contributed by atoms with Gasteiger partial charge in [0.15, 0.2) is 0 Å². The number of carboxylic acid groups (broad SMARTS) is 1. The Morgan fingerprint density at radius 3 is 2.27 bits per heavy atom. The van der Waals surface area contributed by atoms with Crippen LogP contribution < -0.4 is 0 Å². The molecule has 2 aromatic rings. The molecule has 0 saturated heterocycles. The summed E-state index contributed by atoms with van der Waals surface area (Å²) in [5.74, 6) is -1.83. The van der Waals surface area contributed by atoms with Crippen molar-refractivity contribution < 1.29 is 27.9 Å². The van der Waals surface area contributed by atoms with Crippen molar-refractivity contribution in [1.29, 1.82) is 0 Å². The second-order valence-electron chi connectivity index (χ2n) is 6.02. The lowest BCUT2D eigenvalue weighted by molar-refractivity contribution is -0.138.